The van der Waals surface area contributed by atoms with Gasteiger partial charge in [0.25, 0.3) is 0 Å². The molecule has 24 heavy (non-hydrogen) atoms. The van der Waals surface area contributed by atoms with Crippen molar-refractivity contribution in [2.45, 2.75) is 58.8 Å². The quantitative estimate of drug-likeness (QED) is 0.722. The van der Waals surface area contributed by atoms with Gasteiger partial charge in [0.1, 0.15) is 5.75 Å². The third kappa shape index (κ3) is 4.12. The monoisotopic (exact) mass is 353 g/mol. The maximum absolute atomic E-state index is 13.1. The number of benzene rings is 1. The summed E-state index contributed by atoms with van der Waals surface area (Å²) in [6, 6.07) is 3.52. The first-order valence-corrected chi connectivity index (χ1v) is 10.4. The molecule has 1 saturated heterocycles. The van der Waals surface area contributed by atoms with E-state index in [2.05, 4.69) is 20.8 Å². The molecule has 0 aliphatic carbocycles. The zero-order valence-electron chi connectivity index (χ0n) is 15.6. The number of nitrogens with zero attached hydrogens (tertiary/aromatic N) is 1. The van der Waals surface area contributed by atoms with Crippen molar-refractivity contribution in [2.75, 3.05) is 19.7 Å². The van der Waals surface area contributed by atoms with Gasteiger partial charge in [-0.2, -0.15) is 4.31 Å². The van der Waals surface area contributed by atoms with Gasteiger partial charge >= 0.3 is 0 Å². The molecular weight excluding hydrogens is 322 g/mol. The fraction of sp³-hybridized carbons (Fsp3) is 0.684. The summed E-state index contributed by atoms with van der Waals surface area (Å²) in [6.45, 7) is 12.1. The molecule has 0 aromatic heterocycles. The lowest BCUT2D eigenvalue weighted by molar-refractivity contribution is 0.222. The molecule has 5 heteroatoms. The van der Waals surface area contributed by atoms with Gasteiger partial charge in [-0.25, -0.2) is 8.42 Å². The second kappa shape index (κ2) is 7.87. The van der Waals surface area contributed by atoms with Crippen molar-refractivity contribution in [3.63, 3.8) is 0 Å². The topological polar surface area (TPSA) is 46.6 Å². The molecule has 1 aliphatic rings. The normalized spacial score (nSPS) is 22.5. The zero-order chi connectivity index (χ0) is 17.9. The molecule has 136 valence electrons. The SMILES string of the molecule is CCCCOc1ccc(S(=O)(=O)N2CC(C)CC(C)C2)c(C)c1C. The Labute approximate surface area is 147 Å². The first-order chi connectivity index (χ1) is 11.3. The highest BCUT2D eigenvalue weighted by atomic mass is 32.2. The Balaban J connectivity index is 2.29. The lowest BCUT2D eigenvalue weighted by Crippen LogP contribution is -2.42. The molecule has 2 unspecified atom stereocenters. The Morgan fingerprint density at radius 1 is 1.12 bits per heavy atom. The summed E-state index contributed by atoms with van der Waals surface area (Å²) in [5.74, 6) is 1.60. The van der Waals surface area contributed by atoms with Crippen molar-refractivity contribution in [1.29, 1.82) is 0 Å². The van der Waals surface area contributed by atoms with Crippen LogP contribution in [0, 0.1) is 25.7 Å². The molecule has 1 aliphatic heterocycles. The summed E-state index contributed by atoms with van der Waals surface area (Å²) in [4.78, 5) is 0.421. The lowest BCUT2D eigenvalue weighted by Gasteiger charge is -2.34. The minimum atomic E-state index is -3.45. The van der Waals surface area contributed by atoms with Crippen LogP contribution in [-0.4, -0.2) is 32.4 Å². The Morgan fingerprint density at radius 3 is 2.33 bits per heavy atom. The van der Waals surface area contributed by atoms with E-state index in [-0.39, 0.29) is 0 Å². The zero-order valence-corrected chi connectivity index (χ0v) is 16.4. The number of hydrogen-bond donors (Lipinski definition) is 0. The number of rotatable bonds is 6. The second-order valence-electron chi connectivity index (χ2n) is 7.28. The van der Waals surface area contributed by atoms with Gasteiger partial charge in [0, 0.05) is 13.1 Å². The first kappa shape index (κ1) is 19.3. The van der Waals surface area contributed by atoms with Crippen molar-refractivity contribution in [2.24, 2.45) is 11.8 Å². The maximum Gasteiger partial charge on any atom is 0.243 e. The fourth-order valence-electron chi connectivity index (χ4n) is 3.47. The Bertz CT molecular complexity index is 659. The summed E-state index contributed by atoms with van der Waals surface area (Å²) < 4.78 is 33.7. The van der Waals surface area contributed by atoms with Crippen molar-refractivity contribution < 1.29 is 13.2 Å². The van der Waals surface area contributed by atoms with Crippen molar-refractivity contribution >= 4 is 10.0 Å². The minimum absolute atomic E-state index is 0.404. The number of hydrogen-bond acceptors (Lipinski definition) is 3. The lowest BCUT2D eigenvalue weighted by atomic mass is 9.94. The number of sulfonamides is 1. The van der Waals surface area contributed by atoms with E-state index < -0.39 is 10.0 Å². The molecule has 0 N–H and O–H groups in total. The molecule has 1 fully saturated rings. The van der Waals surface area contributed by atoms with Gasteiger partial charge in [-0.15, -0.1) is 0 Å². The van der Waals surface area contributed by atoms with Crippen LogP contribution < -0.4 is 4.74 Å². The number of piperidine rings is 1. The average Bonchev–Trinajstić information content (AvgIpc) is 2.50. The molecule has 0 amide bonds. The molecule has 2 atom stereocenters. The van der Waals surface area contributed by atoms with Gasteiger partial charge in [0.15, 0.2) is 0 Å². The number of unbranched alkanes of at least 4 members (excludes halogenated alkanes) is 1. The Hall–Kier alpha value is -1.07. The van der Waals surface area contributed by atoms with Crippen LogP contribution in [0.15, 0.2) is 17.0 Å². The largest absolute Gasteiger partial charge is 0.493 e. The van der Waals surface area contributed by atoms with Crippen LogP contribution in [0.2, 0.25) is 0 Å². The van der Waals surface area contributed by atoms with Crippen LogP contribution in [0.1, 0.15) is 51.2 Å². The summed E-state index contributed by atoms with van der Waals surface area (Å²) >= 11 is 0. The molecule has 0 radical (unpaired) electrons. The van der Waals surface area contributed by atoms with Gasteiger partial charge in [-0.1, -0.05) is 27.2 Å². The Morgan fingerprint density at radius 2 is 1.75 bits per heavy atom. The smallest absolute Gasteiger partial charge is 0.243 e. The molecule has 0 saturated carbocycles. The highest BCUT2D eigenvalue weighted by Gasteiger charge is 2.33. The molecule has 4 nitrogen and oxygen atoms in total. The van der Waals surface area contributed by atoms with E-state index in [4.69, 9.17) is 4.74 Å². The van der Waals surface area contributed by atoms with E-state index in [1.54, 1.807) is 10.4 Å². The van der Waals surface area contributed by atoms with Crippen LogP contribution >= 0.6 is 0 Å². The predicted molar refractivity (Wildman–Crippen MR) is 98.0 cm³/mol. The molecule has 0 bridgehead atoms. The van der Waals surface area contributed by atoms with E-state index in [0.717, 1.165) is 36.1 Å². The average molecular weight is 354 g/mol. The third-order valence-electron chi connectivity index (χ3n) is 4.90. The van der Waals surface area contributed by atoms with E-state index >= 15 is 0 Å². The van der Waals surface area contributed by atoms with E-state index in [0.29, 0.717) is 36.4 Å². The second-order valence-corrected chi connectivity index (χ2v) is 9.19. The third-order valence-corrected chi connectivity index (χ3v) is 6.87. The fourth-order valence-corrected chi connectivity index (χ4v) is 5.43. The molecule has 1 heterocycles. The van der Waals surface area contributed by atoms with Gasteiger partial charge in [-0.3, -0.25) is 0 Å². The Kier molecular flexibility index (Phi) is 6.32. The predicted octanol–water partition coefficient (Wildman–Crippen LogP) is 4.15. The van der Waals surface area contributed by atoms with Crippen LogP contribution in [0.3, 0.4) is 0 Å². The van der Waals surface area contributed by atoms with Crippen molar-refractivity contribution in [3.05, 3.63) is 23.3 Å². The molecular formula is C19H31NO3S. The summed E-state index contributed by atoms with van der Waals surface area (Å²) in [5, 5.41) is 0. The highest BCUT2D eigenvalue weighted by molar-refractivity contribution is 7.89. The van der Waals surface area contributed by atoms with Crippen molar-refractivity contribution in [1.82, 2.24) is 4.31 Å². The van der Waals surface area contributed by atoms with Crippen LogP contribution in [-0.2, 0) is 10.0 Å². The summed E-state index contributed by atoms with van der Waals surface area (Å²) in [7, 11) is -3.45. The van der Waals surface area contributed by atoms with Gasteiger partial charge < -0.3 is 4.74 Å². The highest BCUT2D eigenvalue weighted by Crippen LogP contribution is 2.32. The number of ether oxygens (including phenoxy) is 1. The van der Waals surface area contributed by atoms with Crippen molar-refractivity contribution in [3.8, 4) is 5.75 Å². The first-order valence-electron chi connectivity index (χ1n) is 9.00. The van der Waals surface area contributed by atoms with Gasteiger partial charge in [0.05, 0.1) is 11.5 Å². The standard InChI is InChI=1S/C19H31NO3S/c1-6-7-10-23-18-8-9-19(17(5)16(18)4)24(21,22)20-12-14(2)11-15(3)13-20/h8-9,14-15H,6-7,10-13H2,1-5H3. The van der Waals surface area contributed by atoms with Crippen LogP contribution in [0.5, 0.6) is 5.75 Å². The van der Waals surface area contributed by atoms with Crippen LogP contribution in [0.4, 0.5) is 0 Å². The maximum atomic E-state index is 13.1. The van der Waals surface area contributed by atoms with E-state index in [9.17, 15) is 8.42 Å². The molecule has 1 aromatic rings. The van der Waals surface area contributed by atoms with Crippen LogP contribution in [0.25, 0.3) is 0 Å². The molecule has 1 aromatic carbocycles. The van der Waals surface area contributed by atoms with Gasteiger partial charge in [-0.05, 0) is 61.8 Å². The minimum Gasteiger partial charge on any atom is -0.493 e. The molecule has 2 rings (SSSR count). The summed E-state index contributed by atoms with van der Waals surface area (Å²) in [5.41, 5.74) is 1.72. The van der Waals surface area contributed by atoms with E-state index in [1.807, 2.05) is 19.9 Å². The summed E-state index contributed by atoms with van der Waals surface area (Å²) in [6.07, 6.45) is 3.17. The molecule has 0 spiro atoms. The van der Waals surface area contributed by atoms with E-state index in [1.165, 1.54) is 0 Å². The van der Waals surface area contributed by atoms with Gasteiger partial charge in [0.2, 0.25) is 10.0 Å².